The molecule has 7 heteroatoms. The van der Waals surface area contributed by atoms with Crippen molar-refractivity contribution in [3.63, 3.8) is 0 Å². The van der Waals surface area contributed by atoms with Crippen molar-refractivity contribution in [1.82, 2.24) is 0 Å². The largest absolute Gasteiger partial charge is 0.481 e. The van der Waals surface area contributed by atoms with Gasteiger partial charge in [0.2, 0.25) is 0 Å². The molecule has 0 amide bonds. The number of carbonyl (C=O) groups is 2. The van der Waals surface area contributed by atoms with Crippen LogP contribution in [0.1, 0.15) is 25.0 Å². The summed E-state index contributed by atoms with van der Waals surface area (Å²) in [7, 11) is 4.11. The molecule has 0 saturated carbocycles. The maximum Gasteiger partial charge on any atom is 0.300 e. The number of aliphatic carboxylic acids is 2. The Hall–Kier alpha value is -3.68. The number of anilines is 1. The predicted molar refractivity (Wildman–Crippen MR) is 139 cm³/mol. The van der Waals surface area contributed by atoms with Crippen LogP contribution < -0.4 is 16.4 Å². The molecule has 3 rings (SSSR count). The molecule has 0 atom stereocenters. The van der Waals surface area contributed by atoms with Gasteiger partial charge in [0.1, 0.15) is 0 Å². The van der Waals surface area contributed by atoms with E-state index in [1.54, 1.807) is 0 Å². The van der Waals surface area contributed by atoms with Gasteiger partial charge in [-0.25, -0.2) is 0 Å². The summed E-state index contributed by atoms with van der Waals surface area (Å²) in [4.78, 5) is 20.1. The standard InChI is InChI=1S/C23H27N3.2C2H4O2/c1-26(2)21-10-8-19(9-11-21)22(18-6-4-3-5-7-18)20-12-14-23(16-24,17-25)15-13-20;2*1-2(3)4/h3-15H,16-17,24-25H2,1-2H3;2*1H3,(H,3,4). The quantitative estimate of drug-likeness (QED) is 0.529. The molecule has 0 radical (unpaired) electrons. The lowest BCUT2D eigenvalue weighted by molar-refractivity contribution is -0.135. The number of benzene rings is 2. The second-order valence-electron chi connectivity index (χ2n) is 7.98. The number of nitrogens with zero attached hydrogens (tertiary/aromatic N) is 1. The van der Waals surface area contributed by atoms with Crippen molar-refractivity contribution in [1.29, 1.82) is 0 Å². The summed E-state index contributed by atoms with van der Waals surface area (Å²) in [6.45, 7) is 3.20. The number of allylic oxidation sites excluding steroid dienone is 3. The average Bonchev–Trinajstić information content (AvgIpc) is 2.80. The van der Waals surface area contributed by atoms with E-state index < -0.39 is 11.9 Å². The van der Waals surface area contributed by atoms with Crippen LogP contribution in [0.5, 0.6) is 0 Å². The Kier molecular flexibility index (Phi) is 11.5. The van der Waals surface area contributed by atoms with Crippen LogP contribution in [-0.2, 0) is 9.59 Å². The molecule has 7 nitrogen and oxygen atoms in total. The number of carboxylic acid groups (broad SMARTS) is 2. The molecule has 1 aliphatic carbocycles. The van der Waals surface area contributed by atoms with Crippen molar-refractivity contribution in [2.24, 2.45) is 16.9 Å². The molecule has 182 valence electrons. The van der Waals surface area contributed by atoms with Crippen LogP contribution in [0.4, 0.5) is 5.69 Å². The van der Waals surface area contributed by atoms with Gasteiger partial charge < -0.3 is 26.6 Å². The van der Waals surface area contributed by atoms with Gasteiger partial charge in [0.15, 0.2) is 0 Å². The van der Waals surface area contributed by atoms with Gasteiger partial charge in [-0.3, -0.25) is 9.59 Å². The van der Waals surface area contributed by atoms with Gasteiger partial charge in [-0.1, -0.05) is 66.8 Å². The fraction of sp³-hybridized carbons (Fsp3) is 0.259. The predicted octanol–water partition coefficient (Wildman–Crippen LogP) is 3.77. The summed E-state index contributed by atoms with van der Waals surface area (Å²) in [5.41, 5.74) is 17.6. The molecule has 0 saturated heterocycles. The maximum absolute atomic E-state index is 9.00. The van der Waals surface area contributed by atoms with Crippen molar-refractivity contribution < 1.29 is 19.8 Å². The summed E-state index contributed by atoms with van der Waals surface area (Å²) < 4.78 is 0. The summed E-state index contributed by atoms with van der Waals surface area (Å²) >= 11 is 0. The lowest BCUT2D eigenvalue weighted by Gasteiger charge is -2.27. The summed E-state index contributed by atoms with van der Waals surface area (Å²) in [5.74, 6) is -1.67. The first-order chi connectivity index (χ1) is 16.0. The van der Waals surface area contributed by atoms with E-state index in [4.69, 9.17) is 31.3 Å². The van der Waals surface area contributed by atoms with Crippen molar-refractivity contribution >= 4 is 23.2 Å². The SMILES string of the molecule is CC(=O)O.CC(=O)O.CN(C)c1ccc(C(=C2C=CC(CN)(CN)C=C2)c2ccccc2)cc1. The minimum atomic E-state index is -0.833. The van der Waals surface area contributed by atoms with Gasteiger partial charge in [-0.2, -0.15) is 0 Å². The lowest BCUT2D eigenvalue weighted by atomic mass is 9.81. The second kappa shape index (κ2) is 13.8. The third-order valence-corrected chi connectivity index (χ3v) is 4.97. The van der Waals surface area contributed by atoms with Gasteiger partial charge in [0.25, 0.3) is 11.9 Å². The number of hydrogen-bond acceptors (Lipinski definition) is 5. The van der Waals surface area contributed by atoms with Crippen molar-refractivity contribution in [2.75, 3.05) is 32.1 Å². The number of nitrogens with two attached hydrogens (primary N) is 2. The van der Waals surface area contributed by atoms with Crippen molar-refractivity contribution in [3.8, 4) is 0 Å². The minimum Gasteiger partial charge on any atom is -0.481 e. The molecule has 0 unspecified atom stereocenters. The molecule has 34 heavy (non-hydrogen) atoms. The monoisotopic (exact) mass is 465 g/mol. The number of rotatable bonds is 5. The smallest absolute Gasteiger partial charge is 0.300 e. The Balaban J connectivity index is 0.000000629. The average molecular weight is 466 g/mol. The maximum atomic E-state index is 9.00. The van der Waals surface area contributed by atoms with Crippen LogP contribution >= 0.6 is 0 Å². The molecule has 0 bridgehead atoms. The Labute approximate surface area is 201 Å². The molecule has 6 N–H and O–H groups in total. The highest BCUT2D eigenvalue weighted by Crippen LogP contribution is 2.33. The Bertz CT molecular complexity index is 982. The molecule has 0 aliphatic heterocycles. The normalized spacial score (nSPS) is 13.1. The zero-order valence-electron chi connectivity index (χ0n) is 20.2. The number of carboxylic acids is 2. The lowest BCUT2D eigenvalue weighted by Crippen LogP contribution is -2.35. The van der Waals surface area contributed by atoms with Gasteiger partial charge in [0, 0.05) is 52.1 Å². The van der Waals surface area contributed by atoms with E-state index >= 15 is 0 Å². The molecule has 0 heterocycles. The zero-order chi connectivity index (χ0) is 25.7. The first kappa shape index (κ1) is 28.4. The summed E-state index contributed by atoms with van der Waals surface area (Å²) in [5, 5.41) is 14.8. The Morgan fingerprint density at radius 3 is 1.59 bits per heavy atom. The molecule has 0 aromatic heterocycles. The fourth-order valence-electron chi connectivity index (χ4n) is 3.18. The van der Waals surface area contributed by atoms with E-state index in [1.165, 1.54) is 28.0 Å². The fourth-order valence-corrected chi connectivity index (χ4v) is 3.18. The van der Waals surface area contributed by atoms with E-state index in [-0.39, 0.29) is 5.41 Å². The first-order valence-electron chi connectivity index (χ1n) is 10.8. The molecular formula is C27H35N3O4. The van der Waals surface area contributed by atoms with Crippen LogP contribution in [0.25, 0.3) is 5.57 Å². The summed E-state index contributed by atoms with van der Waals surface area (Å²) in [6, 6.07) is 19.2. The first-order valence-corrected chi connectivity index (χ1v) is 10.8. The van der Waals surface area contributed by atoms with E-state index in [2.05, 4.69) is 91.8 Å². The van der Waals surface area contributed by atoms with Crippen molar-refractivity contribution in [2.45, 2.75) is 13.8 Å². The van der Waals surface area contributed by atoms with Crippen LogP contribution in [0.15, 0.2) is 84.5 Å². The van der Waals surface area contributed by atoms with Crippen molar-refractivity contribution in [3.05, 3.63) is 95.6 Å². The zero-order valence-corrected chi connectivity index (χ0v) is 20.2. The molecule has 2 aromatic carbocycles. The number of hydrogen-bond donors (Lipinski definition) is 4. The van der Waals surface area contributed by atoms with E-state index in [0.717, 1.165) is 13.8 Å². The molecule has 0 fully saturated rings. The highest BCUT2D eigenvalue weighted by Gasteiger charge is 2.23. The van der Waals surface area contributed by atoms with Crippen LogP contribution in [-0.4, -0.2) is 49.3 Å². The van der Waals surface area contributed by atoms with Crippen LogP contribution in [0.2, 0.25) is 0 Å². The van der Waals surface area contributed by atoms with Gasteiger partial charge in [-0.05, 0) is 34.4 Å². The molecule has 0 spiro atoms. The molecular weight excluding hydrogens is 430 g/mol. The molecule has 2 aromatic rings. The van der Waals surface area contributed by atoms with Gasteiger partial charge in [-0.15, -0.1) is 0 Å². The Morgan fingerprint density at radius 2 is 1.21 bits per heavy atom. The topological polar surface area (TPSA) is 130 Å². The molecule has 1 aliphatic rings. The highest BCUT2D eigenvalue weighted by molar-refractivity contribution is 5.86. The van der Waals surface area contributed by atoms with Gasteiger partial charge >= 0.3 is 0 Å². The second-order valence-corrected chi connectivity index (χ2v) is 7.98. The minimum absolute atomic E-state index is 0.236. The van der Waals surface area contributed by atoms with E-state index in [0.29, 0.717) is 13.1 Å². The van der Waals surface area contributed by atoms with Crippen LogP contribution in [0.3, 0.4) is 0 Å². The third kappa shape index (κ3) is 9.05. The highest BCUT2D eigenvalue weighted by atomic mass is 16.4. The third-order valence-electron chi connectivity index (χ3n) is 4.97. The Morgan fingerprint density at radius 1 is 0.794 bits per heavy atom. The van der Waals surface area contributed by atoms with Gasteiger partial charge in [0.05, 0.1) is 0 Å². The van der Waals surface area contributed by atoms with E-state index in [1.807, 2.05) is 6.07 Å². The van der Waals surface area contributed by atoms with Crippen LogP contribution in [0, 0.1) is 5.41 Å². The van der Waals surface area contributed by atoms with E-state index in [9.17, 15) is 0 Å². The summed E-state index contributed by atoms with van der Waals surface area (Å²) in [6.07, 6.45) is 8.59.